The molecule has 4 aromatic rings. The van der Waals surface area contributed by atoms with Crippen molar-refractivity contribution < 1.29 is 19.1 Å². The van der Waals surface area contributed by atoms with Crippen molar-refractivity contribution in [3.05, 3.63) is 81.7 Å². The summed E-state index contributed by atoms with van der Waals surface area (Å²) in [5, 5.41) is 3.89. The van der Waals surface area contributed by atoms with Crippen molar-refractivity contribution in [3.8, 4) is 11.3 Å². The monoisotopic (exact) mass is 529 g/mol. The number of amides is 2. The molecule has 8 heteroatoms. The van der Waals surface area contributed by atoms with Gasteiger partial charge in [-0.3, -0.25) is 9.59 Å². The van der Waals surface area contributed by atoms with Gasteiger partial charge in [0.1, 0.15) is 5.00 Å². The molecule has 7 nitrogen and oxygen atoms in total. The molecule has 196 valence electrons. The van der Waals surface area contributed by atoms with Gasteiger partial charge >= 0.3 is 5.97 Å². The summed E-state index contributed by atoms with van der Waals surface area (Å²) in [6, 6.07) is 17.1. The minimum absolute atomic E-state index is 0.176. The first-order chi connectivity index (χ1) is 18.3. The number of ether oxygens (including phenoxy) is 1. The Morgan fingerprint density at radius 1 is 0.974 bits per heavy atom. The first-order valence-electron chi connectivity index (χ1n) is 12.7. The van der Waals surface area contributed by atoms with Crippen LogP contribution in [0.1, 0.15) is 62.3 Å². The quantitative estimate of drug-likeness (QED) is 0.264. The molecule has 0 unspecified atom stereocenters. The van der Waals surface area contributed by atoms with E-state index in [0.29, 0.717) is 50.7 Å². The minimum Gasteiger partial charge on any atom is -0.462 e. The lowest BCUT2D eigenvalue weighted by molar-refractivity contribution is 0.0527. The molecule has 0 saturated heterocycles. The molecule has 0 aliphatic carbocycles. The Hall–Kier alpha value is -4.04. The number of thiophene rings is 1. The number of aryl methyl sites for hydroxylation is 1. The first kappa shape index (κ1) is 27.0. The minimum atomic E-state index is -0.574. The number of pyridine rings is 1. The topological polar surface area (TPSA) is 88.6 Å². The van der Waals surface area contributed by atoms with Crippen molar-refractivity contribution in [2.45, 2.75) is 34.6 Å². The molecule has 2 heterocycles. The van der Waals surface area contributed by atoms with Crippen molar-refractivity contribution in [1.82, 2.24) is 9.88 Å². The first-order valence-corrected chi connectivity index (χ1v) is 13.5. The summed E-state index contributed by atoms with van der Waals surface area (Å²) in [5.41, 5.74) is 4.49. The molecular weight excluding hydrogens is 498 g/mol. The number of aromatic nitrogens is 1. The molecule has 38 heavy (non-hydrogen) atoms. The SMILES string of the molecule is CCOC(=O)c1c(NC(=O)c2cc(-c3ccc(C)cc3)nc3ccccc23)sc(C(=O)N(CC)CC)c1C. The number of anilines is 1. The van der Waals surface area contributed by atoms with Crippen LogP contribution in [0.15, 0.2) is 54.6 Å². The zero-order valence-corrected chi connectivity index (χ0v) is 23.1. The molecular formula is C30H31N3O4S. The third-order valence-corrected chi connectivity index (χ3v) is 7.60. The average molecular weight is 530 g/mol. The highest BCUT2D eigenvalue weighted by Crippen LogP contribution is 2.36. The van der Waals surface area contributed by atoms with Gasteiger partial charge in [-0.2, -0.15) is 0 Å². The van der Waals surface area contributed by atoms with Crippen molar-refractivity contribution in [2.24, 2.45) is 0 Å². The fourth-order valence-electron chi connectivity index (χ4n) is 4.31. The summed E-state index contributed by atoms with van der Waals surface area (Å²) in [7, 11) is 0. The second-order valence-electron chi connectivity index (χ2n) is 8.85. The van der Waals surface area contributed by atoms with E-state index in [2.05, 4.69) is 5.32 Å². The van der Waals surface area contributed by atoms with Crippen molar-refractivity contribution in [2.75, 3.05) is 25.0 Å². The van der Waals surface area contributed by atoms with E-state index in [9.17, 15) is 14.4 Å². The van der Waals surface area contributed by atoms with Crippen LogP contribution in [0.25, 0.3) is 22.2 Å². The number of hydrogen-bond donors (Lipinski definition) is 1. The summed E-state index contributed by atoms with van der Waals surface area (Å²) < 4.78 is 5.28. The molecule has 0 aliphatic rings. The third kappa shape index (κ3) is 5.31. The molecule has 0 saturated carbocycles. The maximum absolute atomic E-state index is 13.8. The number of rotatable bonds is 8. The molecule has 1 N–H and O–H groups in total. The molecule has 4 rings (SSSR count). The number of carbonyl (C=O) groups excluding carboxylic acids is 3. The lowest BCUT2D eigenvalue weighted by atomic mass is 10.0. The summed E-state index contributed by atoms with van der Waals surface area (Å²) >= 11 is 1.10. The van der Waals surface area contributed by atoms with E-state index < -0.39 is 11.9 Å². The van der Waals surface area contributed by atoms with E-state index >= 15 is 0 Å². The lowest BCUT2D eigenvalue weighted by Crippen LogP contribution is -2.30. The van der Waals surface area contributed by atoms with Gasteiger partial charge < -0.3 is 15.0 Å². The van der Waals surface area contributed by atoms with E-state index in [1.807, 2.05) is 69.3 Å². The number of fused-ring (bicyclic) bond motifs is 1. The second-order valence-corrected chi connectivity index (χ2v) is 9.87. The van der Waals surface area contributed by atoms with Crippen LogP contribution in [0.4, 0.5) is 5.00 Å². The standard InChI is InChI=1S/C30H31N3O4S/c1-6-33(7-2)29(35)26-19(5)25(30(36)37-8-3)28(38-26)32-27(34)22-17-24(20-15-13-18(4)14-16-20)31-23-12-10-9-11-21(22)23/h9-17H,6-8H2,1-5H3,(H,32,34). The fourth-order valence-corrected chi connectivity index (χ4v) is 5.47. The van der Waals surface area contributed by atoms with Crippen LogP contribution in [0.3, 0.4) is 0 Å². The molecule has 2 aromatic heterocycles. The second kappa shape index (κ2) is 11.6. The molecule has 0 radical (unpaired) electrons. The van der Waals surface area contributed by atoms with Crippen LogP contribution in [-0.4, -0.2) is 47.4 Å². The number of nitrogens with one attached hydrogen (secondary N) is 1. The molecule has 0 atom stereocenters. The Morgan fingerprint density at radius 3 is 2.32 bits per heavy atom. The number of esters is 1. The van der Waals surface area contributed by atoms with Gasteiger partial charge in [-0.1, -0.05) is 48.0 Å². The lowest BCUT2D eigenvalue weighted by Gasteiger charge is -2.18. The van der Waals surface area contributed by atoms with Crippen molar-refractivity contribution in [3.63, 3.8) is 0 Å². The summed E-state index contributed by atoms with van der Waals surface area (Å²) in [5.74, 6) is -1.15. The van der Waals surface area contributed by atoms with E-state index in [0.717, 1.165) is 22.5 Å². The smallest absolute Gasteiger partial charge is 0.341 e. The number of hydrogen-bond acceptors (Lipinski definition) is 6. The van der Waals surface area contributed by atoms with Crippen molar-refractivity contribution >= 4 is 45.0 Å². The van der Waals surface area contributed by atoms with Crippen LogP contribution in [0.2, 0.25) is 0 Å². The molecule has 0 aliphatic heterocycles. The fraction of sp³-hybridized carbons (Fsp3) is 0.267. The van der Waals surface area contributed by atoms with Gasteiger partial charge in [0.25, 0.3) is 11.8 Å². The van der Waals surface area contributed by atoms with Crippen LogP contribution in [-0.2, 0) is 4.74 Å². The number of benzene rings is 2. The van der Waals surface area contributed by atoms with Crippen LogP contribution >= 0.6 is 11.3 Å². The third-order valence-electron chi connectivity index (χ3n) is 6.41. The van der Waals surface area contributed by atoms with Gasteiger partial charge in [-0.15, -0.1) is 11.3 Å². The predicted octanol–water partition coefficient (Wildman–Crippen LogP) is 6.49. The Morgan fingerprint density at radius 2 is 1.66 bits per heavy atom. The predicted molar refractivity (Wildman–Crippen MR) is 152 cm³/mol. The van der Waals surface area contributed by atoms with Crippen LogP contribution in [0.5, 0.6) is 0 Å². The maximum atomic E-state index is 13.8. The van der Waals surface area contributed by atoms with Gasteiger partial charge in [0.05, 0.1) is 33.8 Å². The highest BCUT2D eigenvalue weighted by Gasteiger charge is 2.29. The summed E-state index contributed by atoms with van der Waals surface area (Å²) in [6.45, 7) is 10.5. The number of para-hydroxylation sites is 1. The molecule has 0 bridgehead atoms. The van der Waals surface area contributed by atoms with Gasteiger partial charge in [0.2, 0.25) is 0 Å². The average Bonchev–Trinajstić information content (AvgIpc) is 3.24. The summed E-state index contributed by atoms with van der Waals surface area (Å²) in [4.78, 5) is 46.7. The van der Waals surface area contributed by atoms with Gasteiger partial charge in [0, 0.05) is 24.0 Å². The summed E-state index contributed by atoms with van der Waals surface area (Å²) in [6.07, 6.45) is 0. The Labute approximate surface area is 226 Å². The normalized spacial score (nSPS) is 10.9. The number of carbonyl (C=O) groups is 3. The van der Waals surface area contributed by atoms with E-state index in [1.165, 1.54) is 0 Å². The molecule has 2 amide bonds. The molecule has 0 spiro atoms. The van der Waals surface area contributed by atoms with Gasteiger partial charge in [-0.25, -0.2) is 9.78 Å². The number of nitrogens with zero attached hydrogens (tertiary/aromatic N) is 2. The van der Waals surface area contributed by atoms with E-state index in [4.69, 9.17) is 9.72 Å². The molecule has 2 aromatic carbocycles. The van der Waals surface area contributed by atoms with Crippen LogP contribution in [0, 0.1) is 13.8 Å². The maximum Gasteiger partial charge on any atom is 0.341 e. The Bertz CT molecular complexity index is 1500. The van der Waals surface area contributed by atoms with E-state index in [-0.39, 0.29) is 18.1 Å². The van der Waals surface area contributed by atoms with E-state index in [1.54, 1.807) is 24.8 Å². The zero-order valence-electron chi connectivity index (χ0n) is 22.3. The zero-order chi connectivity index (χ0) is 27.4. The van der Waals surface area contributed by atoms with Gasteiger partial charge in [0.15, 0.2) is 0 Å². The molecule has 0 fully saturated rings. The Kier molecular flexibility index (Phi) is 8.22. The highest BCUT2D eigenvalue weighted by molar-refractivity contribution is 7.18. The van der Waals surface area contributed by atoms with Crippen LogP contribution < -0.4 is 5.32 Å². The Balaban J connectivity index is 1.80. The van der Waals surface area contributed by atoms with Gasteiger partial charge in [-0.05, 0) is 52.3 Å². The van der Waals surface area contributed by atoms with Crippen molar-refractivity contribution in [1.29, 1.82) is 0 Å². The highest BCUT2D eigenvalue weighted by atomic mass is 32.1. The largest absolute Gasteiger partial charge is 0.462 e.